The molecule has 3 aliphatic heterocycles. The van der Waals surface area contributed by atoms with Crippen molar-refractivity contribution in [3.8, 4) is 17.0 Å². The number of nitrogens with two attached hydrogens (primary N) is 1. The maximum atomic E-state index is 12.8. The Morgan fingerprint density at radius 2 is 2.03 bits per heavy atom. The predicted octanol–water partition coefficient (Wildman–Crippen LogP) is 3.99. The first-order valence-corrected chi connectivity index (χ1v) is 11.5. The Morgan fingerprint density at radius 3 is 2.69 bits per heavy atom. The molecule has 2 N–H and O–H groups in total. The molecule has 0 radical (unpaired) electrons. The molecule has 170 valence electrons. The molecular weight excluding hydrogens is 416 g/mol. The molecule has 5 aliphatic rings. The summed E-state index contributed by atoms with van der Waals surface area (Å²) in [5.41, 5.74) is 7.02. The van der Waals surface area contributed by atoms with Crippen LogP contribution in [0.5, 0.6) is 5.75 Å². The van der Waals surface area contributed by atoms with Crippen molar-refractivity contribution in [2.75, 3.05) is 23.8 Å². The van der Waals surface area contributed by atoms with Gasteiger partial charge in [-0.3, -0.25) is 0 Å². The predicted molar refractivity (Wildman–Crippen MR) is 115 cm³/mol. The second-order valence-corrected chi connectivity index (χ2v) is 9.58. The standard InChI is InChI=1S/C23H27F2N5O2/c24-23(25)32-19-7-14(9-27-21(19)26)18-8-20(30-10-16-4-3-15(30)11-31-16)29-22(28-18)17-6-12-1-2-13(17)5-12/h7-9,12-13,15-17,23H,1-6,10-11H2,(H2,26,27)/t12?,13?,15-,16-,17?/m0/s1. The van der Waals surface area contributed by atoms with Crippen LogP contribution in [0.25, 0.3) is 11.3 Å². The van der Waals surface area contributed by atoms with Gasteiger partial charge in [-0.25, -0.2) is 15.0 Å². The SMILES string of the molecule is Nc1ncc(-c2cc(N3C[C@@H]4CC[C@H]3CO4)nc(C3CC4CCC3C4)n2)cc1OC(F)F. The number of pyridine rings is 1. The van der Waals surface area contributed by atoms with Crippen LogP contribution in [0.15, 0.2) is 18.3 Å². The second-order valence-electron chi connectivity index (χ2n) is 9.58. The number of rotatable bonds is 5. The van der Waals surface area contributed by atoms with Crippen LogP contribution in [-0.2, 0) is 4.74 Å². The number of nitrogens with zero attached hydrogens (tertiary/aromatic N) is 4. The third kappa shape index (κ3) is 3.56. The number of hydrogen-bond acceptors (Lipinski definition) is 7. The molecule has 0 aromatic carbocycles. The number of ether oxygens (including phenoxy) is 2. The Balaban J connectivity index is 1.41. The van der Waals surface area contributed by atoms with E-state index in [0.29, 0.717) is 35.7 Å². The maximum absolute atomic E-state index is 12.8. The van der Waals surface area contributed by atoms with Crippen molar-refractivity contribution in [1.29, 1.82) is 0 Å². The van der Waals surface area contributed by atoms with Gasteiger partial charge < -0.3 is 20.1 Å². The van der Waals surface area contributed by atoms with Gasteiger partial charge in [0.2, 0.25) is 0 Å². The van der Waals surface area contributed by atoms with E-state index in [1.165, 1.54) is 25.3 Å². The highest BCUT2D eigenvalue weighted by Crippen LogP contribution is 2.52. The number of halogens is 2. The van der Waals surface area contributed by atoms with Gasteiger partial charge in [-0.1, -0.05) is 6.42 Å². The van der Waals surface area contributed by atoms with Gasteiger partial charge in [0.05, 0.1) is 24.4 Å². The molecule has 3 saturated heterocycles. The van der Waals surface area contributed by atoms with E-state index in [-0.39, 0.29) is 17.7 Å². The molecule has 3 unspecified atom stereocenters. The monoisotopic (exact) mass is 443 g/mol. The van der Waals surface area contributed by atoms with E-state index in [1.54, 1.807) is 6.20 Å². The molecule has 2 aromatic heterocycles. The number of fused-ring (bicyclic) bond motifs is 5. The lowest BCUT2D eigenvalue weighted by Gasteiger charge is -2.45. The van der Waals surface area contributed by atoms with Crippen molar-refractivity contribution in [1.82, 2.24) is 15.0 Å². The lowest BCUT2D eigenvalue weighted by atomic mass is 9.88. The van der Waals surface area contributed by atoms with Crippen LogP contribution in [0.4, 0.5) is 20.4 Å². The molecule has 0 amide bonds. The van der Waals surface area contributed by atoms with E-state index in [2.05, 4.69) is 14.6 Å². The summed E-state index contributed by atoms with van der Waals surface area (Å²) in [7, 11) is 0. The maximum Gasteiger partial charge on any atom is 0.387 e. The minimum absolute atomic E-state index is 0.0675. The highest BCUT2D eigenvalue weighted by Gasteiger charge is 2.42. The molecule has 2 saturated carbocycles. The average Bonchev–Trinajstić information content (AvgIpc) is 3.45. The van der Waals surface area contributed by atoms with Crippen LogP contribution in [0.1, 0.15) is 50.3 Å². The molecule has 5 atom stereocenters. The minimum atomic E-state index is -2.97. The van der Waals surface area contributed by atoms with Gasteiger partial charge in [0.15, 0.2) is 11.6 Å². The Bertz CT molecular complexity index is 1010. The lowest BCUT2D eigenvalue weighted by molar-refractivity contribution is -0.0494. The number of nitrogen functional groups attached to an aromatic ring is 1. The van der Waals surface area contributed by atoms with Gasteiger partial charge >= 0.3 is 6.61 Å². The smallest absolute Gasteiger partial charge is 0.387 e. The van der Waals surface area contributed by atoms with Gasteiger partial charge in [0.25, 0.3) is 0 Å². The summed E-state index contributed by atoms with van der Waals surface area (Å²) in [6.45, 7) is -1.44. The van der Waals surface area contributed by atoms with Crippen molar-refractivity contribution >= 4 is 11.6 Å². The van der Waals surface area contributed by atoms with Gasteiger partial charge in [0.1, 0.15) is 11.6 Å². The summed E-state index contributed by atoms with van der Waals surface area (Å²) >= 11 is 0. The van der Waals surface area contributed by atoms with Crippen LogP contribution in [0.2, 0.25) is 0 Å². The molecular formula is C23H27F2N5O2. The summed E-state index contributed by atoms with van der Waals surface area (Å²) < 4.78 is 36.1. The zero-order valence-electron chi connectivity index (χ0n) is 17.8. The molecule has 32 heavy (non-hydrogen) atoms. The van der Waals surface area contributed by atoms with Gasteiger partial charge in [-0.15, -0.1) is 0 Å². The second kappa shape index (κ2) is 7.79. The Labute approximate surface area is 185 Å². The van der Waals surface area contributed by atoms with Crippen LogP contribution >= 0.6 is 0 Å². The highest BCUT2D eigenvalue weighted by molar-refractivity contribution is 5.67. The zero-order chi connectivity index (χ0) is 21.8. The van der Waals surface area contributed by atoms with E-state index in [4.69, 9.17) is 20.4 Å². The summed E-state index contributed by atoms with van der Waals surface area (Å²) in [5, 5.41) is 0. The van der Waals surface area contributed by atoms with E-state index in [0.717, 1.165) is 43.4 Å². The normalized spacial score (nSPS) is 31.0. The van der Waals surface area contributed by atoms with E-state index < -0.39 is 6.61 Å². The van der Waals surface area contributed by atoms with Gasteiger partial charge in [-0.2, -0.15) is 8.78 Å². The largest absolute Gasteiger partial charge is 0.431 e. The van der Waals surface area contributed by atoms with Crippen molar-refractivity contribution in [2.45, 2.75) is 63.2 Å². The number of aromatic nitrogens is 3. The van der Waals surface area contributed by atoms with E-state index in [1.807, 2.05) is 6.07 Å². The number of alkyl halides is 2. The van der Waals surface area contributed by atoms with Crippen LogP contribution < -0.4 is 15.4 Å². The Morgan fingerprint density at radius 1 is 1.12 bits per heavy atom. The summed E-state index contributed by atoms with van der Waals surface area (Å²) in [4.78, 5) is 16.4. The fraction of sp³-hybridized carbons (Fsp3) is 0.609. The number of anilines is 2. The first-order valence-electron chi connectivity index (χ1n) is 11.5. The molecule has 5 heterocycles. The van der Waals surface area contributed by atoms with E-state index in [9.17, 15) is 8.78 Å². The quantitative estimate of drug-likeness (QED) is 0.748. The van der Waals surface area contributed by atoms with Crippen molar-refractivity contribution in [3.63, 3.8) is 0 Å². The molecule has 7 rings (SSSR count). The lowest BCUT2D eigenvalue weighted by Crippen LogP contribution is -2.55. The van der Waals surface area contributed by atoms with Crippen LogP contribution in [0.3, 0.4) is 0 Å². The first kappa shape index (κ1) is 20.1. The van der Waals surface area contributed by atoms with Crippen molar-refractivity contribution < 1.29 is 18.3 Å². The van der Waals surface area contributed by atoms with Gasteiger partial charge in [0, 0.05) is 30.3 Å². The molecule has 2 aliphatic carbocycles. The van der Waals surface area contributed by atoms with Crippen molar-refractivity contribution in [2.24, 2.45) is 11.8 Å². The zero-order valence-corrected chi connectivity index (χ0v) is 17.8. The average molecular weight is 443 g/mol. The Hall–Kier alpha value is -2.55. The molecule has 0 spiro atoms. The van der Waals surface area contributed by atoms with Crippen LogP contribution in [0, 0.1) is 11.8 Å². The number of piperidine rings is 1. The Kier molecular flexibility index (Phi) is 4.89. The topological polar surface area (TPSA) is 86.4 Å². The molecule has 9 heteroatoms. The summed E-state index contributed by atoms with van der Waals surface area (Å²) in [6.07, 6.45) is 8.88. The fourth-order valence-electron chi connectivity index (χ4n) is 6.09. The van der Waals surface area contributed by atoms with Crippen LogP contribution in [-0.4, -0.2) is 46.9 Å². The number of hydrogen-bond donors (Lipinski definition) is 1. The minimum Gasteiger partial charge on any atom is -0.431 e. The third-order valence-corrected chi connectivity index (χ3v) is 7.67. The van der Waals surface area contributed by atoms with Gasteiger partial charge in [-0.05, 0) is 50.0 Å². The molecule has 7 nitrogen and oxygen atoms in total. The summed E-state index contributed by atoms with van der Waals surface area (Å²) in [6, 6.07) is 3.74. The number of morpholine rings is 1. The first-order chi connectivity index (χ1) is 15.5. The van der Waals surface area contributed by atoms with Crippen molar-refractivity contribution in [3.05, 3.63) is 24.2 Å². The fourth-order valence-corrected chi connectivity index (χ4v) is 6.09. The third-order valence-electron chi connectivity index (χ3n) is 7.67. The molecule has 4 bridgehead atoms. The highest BCUT2D eigenvalue weighted by atomic mass is 19.3. The molecule has 2 aromatic rings. The molecule has 5 fully saturated rings. The summed E-state index contributed by atoms with van der Waals surface area (Å²) in [5.74, 6) is 3.30. The van der Waals surface area contributed by atoms with E-state index >= 15 is 0 Å².